The van der Waals surface area contributed by atoms with Crippen LogP contribution >= 0.6 is 0 Å². The molecule has 0 aromatic carbocycles. The largest absolute Gasteiger partial charge is 0.465 e. The zero-order valence-electron chi connectivity index (χ0n) is 8.41. The summed E-state index contributed by atoms with van der Waals surface area (Å²) in [6.45, 7) is 5.68. The van der Waals surface area contributed by atoms with Crippen molar-refractivity contribution < 1.29 is 9.53 Å². The Labute approximate surface area is 83.4 Å². The number of hydrogen-bond donors (Lipinski definition) is 0. The van der Waals surface area contributed by atoms with Crippen molar-refractivity contribution in [3.63, 3.8) is 0 Å². The Hall–Kier alpha value is -1.64. The van der Waals surface area contributed by atoms with Crippen molar-refractivity contribution in [2.75, 3.05) is 7.11 Å². The zero-order valence-corrected chi connectivity index (χ0v) is 8.41. The number of aromatic nitrogens is 1. The normalized spacial score (nSPS) is 9.57. The number of esters is 1. The predicted octanol–water partition coefficient (Wildman–Crippen LogP) is 1.99. The molecule has 1 aromatic heterocycles. The van der Waals surface area contributed by atoms with Gasteiger partial charge in [-0.2, -0.15) is 0 Å². The minimum Gasteiger partial charge on any atom is -0.465 e. The van der Waals surface area contributed by atoms with Gasteiger partial charge in [-0.3, -0.25) is 4.98 Å². The maximum Gasteiger partial charge on any atom is 0.339 e. The van der Waals surface area contributed by atoms with E-state index in [1.165, 1.54) is 7.11 Å². The number of pyridine rings is 1. The molecule has 0 bridgehead atoms. The fourth-order valence-electron chi connectivity index (χ4n) is 1.16. The van der Waals surface area contributed by atoms with Crippen LogP contribution in [0.25, 0.3) is 0 Å². The van der Waals surface area contributed by atoms with Crippen molar-refractivity contribution in [2.24, 2.45) is 0 Å². The van der Waals surface area contributed by atoms with E-state index in [4.69, 9.17) is 0 Å². The second kappa shape index (κ2) is 4.56. The lowest BCUT2D eigenvalue weighted by atomic mass is 10.1. The molecule has 0 radical (unpaired) electrons. The van der Waals surface area contributed by atoms with Crippen molar-refractivity contribution in [1.82, 2.24) is 4.98 Å². The van der Waals surface area contributed by atoms with E-state index in [1.54, 1.807) is 18.3 Å². The second-order valence-corrected chi connectivity index (χ2v) is 3.12. The van der Waals surface area contributed by atoms with E-state index in [-0.39, 0.29) is 5.97 Å². The molecule has 74 valence electrons. The quantitative estimate of drug-likeness (QED) is 0.541. The molecule has 0 aliphatic heterocycles. The molecule has 1 heterocycles. The summed E-state index contributed by atoms with van der Waals surface area (Å²) >= 11 is 0. The molecule has 3 nitrogen and oxygen atoms in total. The highest BCUT2D eigenvalue weighted by Gasteiger charge is 2.11. The highest BCUT2D eigenvalue weighted by atomic mass is 16.5. The van der Waals surface area contributed by atoms with Gasteiger partial charge < -0.3 is 4.74 Å². The van der Waals surface area contributed by atoms with Gasteiger partial charge in [0.15, 0.2) is 0 Å². The Morgan fingerprint density at radius 1 is 1.64 bits per heavy atom. The zero-order chi connectivity index (χ0) is 10.6. The second-order valence-electron chi connectivity index (χ2n) is 3.12. The fraction of sp³-hybridized carbons (Fsp3) is 0.273. The highest BCUT2D eigenvalue weighted by Crippen LogP contribution is 2.10. The number of ether oxygens (including phenoxy) is 1. The van der Waals surface area contributed by atoms with Gasteiger partial charge in [0.2, 0.25) is 0 Å². The molecule has 14 heavy (non-hydrogen) atoms. The van der Waals surface area contributed by atoms with E-state index in [9.17, 15) is 4.79 Å². The molecule has 1 rings (SSSR count). The number of methoxy groups -OCH3 is 1. The third-order valence-corrected chi connectivity index (χ3v) is 1.76. The smallest absolute Gasteiger partial charge is 0.339 e. The Morgan fingerprint density at radius 3 is 2.93 bits per heavy atom. The molecule has 0 N–H and O–H groups in total. The van der Waals surface area contributed by atoms with E-state index in [0.717, 1.165) is 5.57 Å². The van der Waals surface area contributed by atoms with Crippen LogP contribution < -0.4 is 0 Å². The van der Waals surface area contributed by atoms with Crippen LogP contribution in [0.2, 0.25) is 0 Å². The summed E-state index contributed by atoms with van der Waals surface area (Å²) in [6, 6.07) is 3.42. The molecular weight excluding hydrogens is 178 g/mol. The summed E-state index contributed by atoms with van der Waals surface area (Å²) in [7, 11) is 1.36. The van der Waals surface area contributed by atoms with Crippen LogP contribution in [0.5, 0.6) is 0 Å². The molecule has 0 unspecified atom stereocenters. The summed E-state index contributed by atoms with van der Waals surface area (Å²) in [6.07, 6.45) is 2.26. The van der Waals surface area contributed by atoms with Gasteiger partial charge in [0.25, 0.3) is 0 Å². The Balaban J connectivity index is 3.02. The number of rotatable bonds is 3. The molecule has 0 amide bonds. The third kappa shape index (κ3) is 2.42. The fourth-order valence-corrected chi connectivity index (χ4v) is 1.16. The van der Waals surface area contributed by atoms with Crippen LogP contribution in [-0.2, 0) is 11.2 Å². The molecule has 0 aliphatic carbocycles. The van der Waals surface area contributed by atoms with Gasteiger partial charge in [-0.15, -0.1) is 0 Å². The van der Waals surface area contributed by atoms with Crippen molar-refractivity contribution in [1.29, 1.82) is 0 Å². The molecule has 3 heteroatoms. The number of nitrogens with zero attached hydrogens (tertiary/aromatic N) is 1. The van der Waals surface area contributed by atoms with Crippen LogP contribution in [0.15, 0.2) is 30.5 Å². The van der Waals surface area contributed by atoms with Gasteiger partial charge in [0.05, 0.1) is 18.4 Å². The Bertz CT molecular complexity index is 358. The van der Waals surface area contributed by atoms with Crippen molar-refractivity contribution in [3.05, 3.63) is 41.7 Å². The number of carbonyl (C=O) groups excluding carboxylic acids is 1. The summed E-state index contributed by atoms with van der Waals surface area (Å²) in [5.74, 6) is -0.352. The van der Waals surface area contributed by atoms with Crippen LogP contribution in [-0.4, -0.2) is 18.1 Å². The number of carbonyl (C=O) groups is 1. The van der Waals surface area contributed by atoms with Crippen LogP contribution in [0.3, 0.4) is 0 Å². The van der Waals surface area contributed by atoms with E-state index < -0.39 is 0 Å². The van der Waals surface area contributed by atoms with Crippen LogP contribution in [0.1, 0.15) is 23.0 Å². The topological polar surface area (TPSA) is 39.2 Å². The van der Waals surface area contributed by atoms with Crippen molar-refractivity contribution in [3.8, 4) is 0 Å². The summed E-state index contributed by atoms with van der Waals surface area (Å²) < 4.78 is 4.65. The van der Waals surface area contributed by atoms with Gasteiger partial charge in [0.1, 0.15) is 0 Å². The number of allylic oxidation sites excluding steroid dienone is 1. The van der Waals surface area contributed by atoms with Gasteiger partial charge in [-0.25, -0.2) is 4.79 Å². The minimum absolute atomic E-state index is 0.352. The molecular formula is C11H13NO2. The van der Waals surface area contributed by atoms with E-state index >= 15 is 0 Å². The van der Waals surface area contributed by atoms with Gasteiger partial charge in [0, 0.05) is 12.6 Å². The standard InChI is InChI=1S/C11H13NO2/c1-8(2)7-10-9(11(13)14-3)5-4-6-12-10/h4-6H,1,7H2,2-3H3. The lowest BCUT2D eigenvalue weighted by Gasteiger charge is -2.05. The SMILES string of the molecule is C=C(C)Cc1ncccc1C(=O)OC. The van der Waals surface area contributed by atoms with Crippen molar-refractivity contribution >= 4 is 5.97 Å². The average molecular weight is 191 g/mol. The maximum atomic E-state index is 11.3. The molecule has 1 aromatic rings. The molecule has 0 saturated heterocycles. The van der Waals surface area contributed by atoms with Gasteiger partial charge in [-0.1, -0.05) is 12.2 Å². The Kier molecular flexibility index (Phi) is 3.40. The molecule has 0 saturated carbocycles. The van der Waals surface area contributed by atoms with Crippen LogP contribution in [0.4, 0.5) is 0 Å². The van der Waals surface area contributed by atoms with E-state index in [0.29, 0.717) is 17.7 Å². The van der Waals surface area contributed by atoms with E-state index in [1.807, 2.05) is 6.92 Å². The lowest BCUT2D eigenvalue weighted by molar-refractivity contribution is 0.0599. The monoisotopic (exact) mass is 191 g/mol. The van der Waals surface area contributed by atoms with Crippen molar-refractivity contribution in [2.45, 2.75) is 13.3 Å². The molecule has 0 atom stereocenters. The lowest BCUT2D eigenvalue weighted by Crippen LogP contribution is -2.07. The van der Waals surface area contributed by atoms with Crippen LogP contribution in [0, 0.1) is 0 Å². The van der Waals surface area contributed by atoms with Gasteiger partial charge >= 0.3 is 5.97 Å². The summed E-state index contributed by atoms with van der Waals surface area (Å²) in [5.41, 5.74) is 2.19. The molecule has 0 fully saturated rings. The average Bonchev–Trinajstić information content (AvgIpc) is 2.16. The minimum atomic E-state index is -0.352. The summed E-state index contributed by atoms with van der Waals surface area (Å²) in [5, 5.41) is 0. The molecule has 0 spiro atoms. The highest BCUT2D eigenvalue weighted by molar-refractivity contribution is 5.90. The maximum absolute atomic E-state index is 11.3. The first-order valence-electron chi connectivity index (χ1n) is 4.31. The first-order valence-corrected chi connectivity index (χ1v) is 4.31. The first-order chi connectivity index (χ1) is 6.65. The van der Waals surface area contributed by atoms with Gasteiger partial charge in [-0.05, 0) is 19.1 Å². The number of hydrogen-bond acceptors (Lipinski definition) is 3. The summed E-state index contributed by atoms with van der Waals surface area (Å²) in [4.78, 5) is 15.5. The molecule has 0 aliphatic rings. The first kappa shape index (κ1) is 10.4. The third-order valence-electron chi connectivity index (χ3n) is 1.76. The Morgan fingerprint density at radius 2 is 2.36 bits per heavy atom. The van der Waals surface area contributed by atoms with E-state index in [2.05, 4.69) is 16.3 Å². The predicted molar refractivity (Wildman–Crippen MR) is 54.1 cm³/mol.